The van der Waals surface area contributed by atoms with Crippen molar-refractivity contribution in [3.63, 3.8) is 0 Å². The van der Waals surface area contributed by atoms with E-state index in [1.165, 1.54) is 18.4 Å². The van der Waals surface area contributed by atoms with Gasteiger partial charge in [-0.25, -0.2) is 9.97 Å². The number of ether oxygens (including phenoxy) is 1. The number of H-pyrrole nitrogens is 2. The summed E-state index contributed by atoms with van der Waals surface area (Å²) >= 11 is 0. The van der Waals surface area contributed by atoms with Crippen LogP contribution in [0, 0.1) is 6.92 Å². The minimum absolute atomic E-state index is 0.639. The Kier molecular flexibility index (Phi) is 5.97. The first-order chi connectivity index (χ1) is 19.2. The molecule has 9 nitrogen and oxygen atoms in total. The van der Waals surface area contributed by atoms with Gasteiger partial charge in [0, 0.05) is 30.1 Å². The molecule has 0 amide bonds. The van der Waals surface area contributed by atoms with Crippen LogP contribution in [0.25, 0.3) is 56.1 Å². The lowest BCUT2D eigenvalue weighted by Crippen LogP contribution is -2.25. The second-order valence-electron chi connectivity index (χ2n) is 9.98. The molecule has 194 valence electrons. The first-order valence-electron chi connectivity index (χ1n) is 13.3. The van der Waals surface area contributed by atoms with Gasteiger partial charge < -0.3 is 9.72 Å². The summed E-state index contributed by atoms with van der Waals surface area (Å²) < 4.78 is 6.01. The van der Waals surface area contributed by atoms with Crippen LogP contribution in [-0.4, -0.2) is 66.3 Å². The highest BCUT2D eigenvalue weighted by Crippen LogP contribution is 2.31. The lowest BCUT2D eigenvalue weighted by molar-refractivity contribution is 0.237. The standard InChI is InChI=1S/C30H28N8O/c1-19-5-4-6-20(15-19)26-27-24(9-10-32-26)34-30(35-27)29-28-25(36-37-29)8-7-23(33-28)21-16-22(18-31-17-21)39-14-13-38-11-2-3-12-38/h4-10,15-18H,2-3,11-14H2,1H3,(H,34,35)(H,36,37). The molecule has 0 bridgehead atoms. The van der Waals surface area contributed by atoms with Gasteiger partial charge in [-0.2, -0.15) is 5.10 Å². The summed E-state index contributed by atoms with van der Waals surface area (Å²) in [5.41, 5.74) is 8.63. The topological polar surface area (TPSA) is 108 Å². The first kappa shape index (κ1) is 23.5. The molecule has 1 aliphatic heterocycles. The van der Waals surface area contributed by atoms with E-state index < -0.39 is 0 Å². The maximum atomic E-state index is 6.01. The molecule has 2 N–H and O–H groups in total. The molecule has 0 atom stereocenters. The van der Waals surface area contributed by atoms with Crippen LogP contribution in [0.2, 0.25) is 0 Å². The summed E-state index contributed by atoms with van der Waals surface area (Å²) in [6.07, 6.45) is 7.92. The molecule has 0 radical (unpaired) electrons. The van der Waals surface area contributed by atoms with Crippen molar-refractivity contribution in [1.29, 1.82) is 0 Å². The predicted molar refractivity (Wildman–Crippen MR) is 151 cm³/mol. The molecule has 1 saturated heterocycles. The van der Waals surface area contributed by atoms with Gasteiger partial charge in [0.05, 0.1) is 28.6 Å². The molecule has 0 unspecified atom stereocenters. The highest BCUT2D eigenvalue weighted by atomic mass is 16.5. The van der Waals surface area contributed by atoms with E-state index >= 15 is 0 Å². The molecule has 9 heteroatoms. The van der Waals surface area contributed by atoms with Gasteiger partial charge in [-0.1, -0.05) is 23.8 Å². The van der Waals surface area contributed by atoms with Crippen molar-refractivity contribution >= 4 is 22.1 Å². The zero-order valence-electron chi connectivity index (χ0n) is 21.7. The second kappa shape index (κ2) is 9.92. The molecule has 0 saturated carbocycles. The molecule has 7 rings (SSSR count). The fourth-order valence-corrected chi connectivity index (χ4v) is 5.21. The van der Waals surface area contributed by atoms with E-state index in [2.05, 4.69) is 55.2 Å². The zero-order chi connectivity index (χ0) is 26.2. The number of hydrogen-bond donors (Lipinski definition) is 2. The van der Waals surface area contributed by atoms with Gasteiger partial charge in [0.1, 0.15) is 23.4 Å². The summed E-state index contributed by atoms with van der Waals surface area (Å²) in [7, 11) is 0. The maximum absolute atomic E-state index is 6.01. The third-order valence-electron chi connectivity index (χ3n) is 7.21. The van der Waals surface area contributed by atoms with Gasteiger partial charge in [0.2, 0.25) is 0 Å². The summed E-state index contributed by atoms with van der Waals surface area (Å²) in [6, 6.07) is 16.2. The van der Waals surface area contributed by atoms with Crippen LogP contribution < -0.4 is 4.74 Å². The number of aryl methyl sites for hydroxylation is 1. The minimum atomic E-state index is 0.639. The lowest BCUT2D eigenvalue weighted by atomic mass is 10.1. The average molecular weight is 517 g/mol. The Bertz CT molecular complexity index is 1780. The van der Waals surface area contributed by atoms with Crippen molar-refractivity contribution in [2.24, 2.45) is 0 Å². The Morgan fingerprint density at radius 2 is 1.79 bits per heavy atom. The highest BCUT2D eigenvalue weighted by Gasteiger charge is 2.18. The summed E-state index contributed by atoms with van der Waals surface area (Å²) in [6.45, 7) is 5.98. The van der Waals surface area contributed by atoms with E-state index in [-0.39, 0.29) is 0 Å². The Morgan fingerprint density at radius 3 is 2.69 bits per heavy atom. The molecule has 1 aromatic carbocycles. The van der Waals surface area contributed by atoms with Crippen LogP contribution in [0.1, 0.15) is 18.4 Å². The number of aromatic amines is 2. The Morgan fingerprint density at radius 1 is 0.897 bits per heavy atom. The number of imidazole rings is 1. The van der Waals surface area contributed by atoms with Gasteiger partial charge in [0.25, 0.3) is 0 Å². The van der Waals surface area contributed by atoms with Crippen LogP contribution in [-0.2, 0) is 0 Å². The zero-order valence-corrected chi connectivity index (χ0v) is 21.7. The number of aromatic nitrogens is 7. The molecule has 6 heterocycles. The largest absolute Gasteiger partial charge is 0.491 e. The normalized spacial score (nSPS) is 14.0. The molecular weight excluding hydrogens is 488 g/mol. The van der Waals surface area contributed by atoms with Crippen molar-refractivity contribution in [2.75, 3.05) is 26.2 Å². The van der Waals surface area contributed by atoms with Gasteiger partial charge in [-0.05, 0) is 63.2 Å². The molecule has 39 heavy (non-hydrogen) atoms. The fourth-order valence-electron chi connectivity index (χ4n) is 5.21. The fraction of sp³-hybridized carbons (Fsp3) is 0.233. The number of benzene rings is 1. The van der Waals surface area contributed by atoms with Crippen molar-refractivity contribution in [3.05, 3.63) is 72.7 Å². The smallest absolute Gasteiger partial charge is 0.161 e. The third-order valence-corrected chi connectivity index (χ3v) is 7.21. The van der Waals surface area contributed by atoms with Crippen LogP contribution in [0.5, 0.6) is 5.75 Å². The second-order valence-corrected chi connectivity index (χ2v) is 9.98. The molecular formula is C30H28N8O. The summed E-state index contributed by atoms with van der Waals surface area (Å²) in [5, 5.41) is 7.66. The number of nitrogens with one attached hydrogen (secondary N) is 2. The van der Waals surface area contributed by atoms with E-state index in [9.17, 15) is 0 Å². The van der Waals surface area contributed by atoms with Crippen LogP contribution >= 0.6 is 0 Å². The number of pyridine rings is 3. The summed E-state index contributed by atoms with van der Waals surface area (Å²) in [4.78, 5) is 24.8. The van der Waals surface area contributed by atoms with E-state index in [4.69, 9.17) is 14.7 Å². The first-order valence-corrected chi connectivity index (χ1v) is 13.3. The Balaban J connectivity index is 1.20. The number of nitrogens with zero attached hydrogens (tertiary/aromatic N) is 6. The van der Waals surface area contributed by atoms with Gasteiger partial charge in [0.15, 0.2) is 11.5 Å². The number of fused-ring (bicyclic) bond motifs is 2. The molecule has 1 fully saturated rings. The van der Waals surface area contributed by atoms with Crippen LogP contribution in [0.4, 0.5) is 0 Å². The monoisotopic (exact) mass is 516 g/mol. The third kappa shape index (κ3) is 4.61. The predicted octanol–water partition coefficient (Wildman–Crippen LogP) is 5.41. The quantitative estimate of drug-likeness (QED) is 0.292. The highest BCUT2D eigenvalue weighted by molar-refractivity contribution is 5.95. The minimum Gasteiger partial charge on any atom is -0.491 e. The van der Waals surface area contributed by atoms with E-state index in [1.807, 2.05) is 36.5 Å². The maximum Gasteiger partial charge on any atom is 0.161 e. The van der Waals surface area contributed by atoms with Gasteiger partial charge >= 0.3 is 0 Å². The Labute approximate surface area is 225 Å². The number of rotatable bonds is 7. The van der Waals surface area contributed by atoms with Gasteiger partial charge in [-0.15, -0.1) is 0 Å². The van der Waals surface area contributed by atoms with Crippen molar-refractivity contribution in [1.82, 2.24) is 40.0 Å². The van der Waals surface area contributed by atoms with Crippen LogP contribution in [0.15, 0.2) is 67.1 Å². The van der Waals surface area contributed by atoms with E-state index in [0.29, 0.717) is 18.1 Å². The van der Waals surface area contributed by atoms with Crippen molar-refractivity contribution in [3.8, 4) is 39.8 Å². The molecule has 1 aliphatic rings. The molecule has 0 spiro atoms. The van der Waals surface area contributed by atoms with Crippen LogP contribution in [0.3, 0.4) is 0 Å². The molecule has 5 aromatic heterocycles. The SMILES string of the molecule is Cc1cccc(-c2nccc3[nH]c(-c4n[nH]c5ccc(-c6cncc(OCCN7CCCC7)c6)nc45)nc23)c1. The molecule has 6 aromatic rings. The Hall–Kier alpha value is -4.63. The molecule has 0 aliphatic carbocycles. The van der Waals surface area contributed by atoms with E-state index in [0.717, 1.165) is 70.0 Å². The number of hydrogen-bond acceptors (Lipinski definition) is 7. The number of likely N-dealkylation sites (tertiary alicyclic amines) is 1. The lowest BCUT2D eigenvalue weighted by Gasteiger charge is -2.15. The van der Waals surface area contributed by atoms with Crippen molar-refractivity contribution in [2.45, 2.75) is 19.8 Å². The average Bonchev–Trinajstić information content (AvgIpc) is 3.72. The van der Waals surface area contributed by atoms with Crippen molar-refractivity contribution < 1.29 is 4.74 Å². The summed E-state index contributed by atoms with van der Waals surface area (Å²) in [5.74, 6) is 1.38. The van der Waals surface area contributed by atoms with E-state index in [1.54, 1.807) is 12.4 Å². The van der Waals surface area contributed by atoms with Gasteiger partial charge in [-0.3, -0.25) is 20.0 Å².